The second-order valence-electron chi connectivity index (χ2n) is 9.53. The van der Waals surface area contributed by atoms with Crippen LogP contribution in [0.3, 0.4) is 0 Å². The molecular formula is C26H20F5N5O4. The predicted molar refractivity (Wildman–Crippen MR) is 130 cm³/mol. The fourth-order valence-electron chi connectivity index (χ4n) is 4.39. The molecule has 0 spiro atoms. The van der Waals surface area contributed by atoms with E-state index in [2.05, 4.69) is 15.2 Å². The molecule has 0 radical (unpaired) electrons. The fraction of sp³-hybridized carbons (Fsp3) is 0.231. The number of aromatic nitrogens is 3. The van der Waals surface area contributed by atoms with E-state index in [-0.39, 0.29) is 40.1 Å². The molecular weight excluding hydrogens is 541 g/mol. The number of amides is 2. The SMILES string of the molecule is C[C@]1(C(N)=O)COc2c1cc([C@@](O)(CNC(=O)c1n[nH]c3ccc(F)cc13)C(F)(F)F)nc2-c1ccc(F)cc1. The van der Waals surface area contributed by atoms with Gasteiger partial charge in [-0.2, -0.15) is 18.3 Å². The first-order valence-corrected chi connectivity index (χ1v) is 11.7. The molecule has 2 amide bonds. The molecule has 5 rings (SSSR count). The molecule has 208 valence electrons. The number of benzene rings is 2. The highest BCUT2D eigenvalue weighted by atomic mass is 19.4. The molecule has 0 unspecified atom stereocenters. The van der Waals surface area contributed by atoms with Crippen LogP contribution in [0.4, 0.5) is 22.0 Å². The fourth-order valence-corrected chi connectivity index (χ4v) is 4.39. The van der Waals surface area contributed by atoms with E-state index < -0.39 is 58.6 Å². The first kappa shape index (κ1) is 27.0. The molecule has 5 N–H and O–H groups in total. The van der Waals surface area contributed by atoms with E-state index in [0.29, 0.717) is 0 Å². The maximum Gasteiger partial charge on any atom is 0.424 e. The summed E-state index contributed by atoms with van der Waals surface area (Å²) in [5, 5.41) is 19.3. The summed E-state index contributed by atoms with van der Waals surface area (Å²) in [6, 6.07) is 8.79. The molecule has 0 aliphatic carbocycles. The predicted octanol–water partition coefficient (Wildman–Crippen LogP) is 3.22. The molecule has 0 saturated heterocycles. The normalized spacial score (nSPS) is 18.2. The lowest BCUT2D eigenvalue weighted by atomic mass is 9.81. The lowest BCUT2D eigenvalue weighted by Gasteiger charge is -2.31. The van der Waals surface area contributed by atoms with Crippen LogP contribution in [0.2, 0.25) is 0 Å². The maximum absolute atomic E-state index is 14.5. The second-order valence-corrected chi connectivity index (χ2v) is 9.53. The van der Waals surface area contributed by atoms with E-state index in [0.717, 1.165) is 30.3 Å². The molecule has 0 bridgehead atoms. The standard InChI is InChI=1S/C26H20F5N5O4/c1-24(23(32)38)11-40-21-16(24)9-18(34-19(21)12-2-4-13(27)5-3-12)25(39,26(29,30)31)10-33-22(37)20-15-8-14(28)6-7-17(15)35-36-20/h2-9,39H,10-11H2,1H3,(H2,32,38)(H,33,37)(H,35,36)/t24-,25-/m0/s1. The van der Waals surface area contributed by atoms with Gasteiger partial charge in [0.2, 0.25) is 11.5 Å². The van der Waals surface area contributed by atoms with Crippen molar-refractivity contribution in [3.63, 3.8) is 0 Å². The van der Waals surface area contributed by atoms with Gasteiger partial charge in [-0.15, -0.1) is 0 Å². The Morgan fingerprint density at radius 2 is 1.80 bits per heavy atom. The molecule has 9 nitrogen and oxygen atoms in total. The molecule has 14 heteroatoms. The number of hydrogen-bond donors (Lipinski definition) is 4. The van der Waals surface area contributed by atoms with Crippen LogP contribution in [0, 0.1) is 11.6 Å². The second kappa shape index (κ2) is 9.26. The molecule has 1 aliphatic heterocycles. The van der Waals surface area contributed by atoms with Crippen LogP contribution in [0.25, 0.3) is 22.2 Å². The van der Waals surface area contributed by atoms with Gasteiger partial charge in [0.25, 0.3) is 5.91 Å². The monoisotopic (exact) mass is 561 g/mol. The molecule has 1 aliphatic rings. The van der Waals surface area contributed by atoms with E-state index in [1.54, 1.807) is 0 Å². The molecule has 4 aromatic rings. The van der Waals surface area contributed by atoms with Gasteiger partial charge in [-0.1, -0.05) is 0 Å². The third kappa shape index (κ3) is 4.29. The quantitative estimate of drug-likeness (QED) is 0.266. The van der Waals surface area contributed by atoms with Crippen molar-refractivity contribution in [3.05, 3.63) is 77.1 Å². The van der Waals surface area contributed by atoms with Gasteiger partial charge in [0.15, 0.2) is 5.69 Å². The Morgan fingerprint density at radius 3 is 2.45 bits per heavy atom. The largest absolute Gasteiger partial charge is 0.489 e. The van der Waals surface area contributed by atoms with Crippen LogP contribution in [0.15, 0.2) is 48.5 Å². The van der Waals surface area contributed by atoms with Gasteiger partial charge in [0, 0.05) is 16.5 Å². The number of halogens is 5. The van der Waals surface area contributed by atoms with Gasteiger partial charge in [-0.25, -0.2) is 13.8 Å². The summed E-state index contributed by atoms with van der Waals surface area (Å²) in [4.78, 5) is 29.1. The van der Waals surface area contributed by atoms with Gasteiger partial charge in [0.05, 0.1) is 17.8 Å². The van der Waals surface area contributed by atoms with Crippen LogP contribution in [0.1, 0.15) is 28.7 Å². The minimum absolute atomic E-state index is 0.0108. The molecule has 40 heavy (non-hydrogen) atoms. The highest BCUT2D eigenvalue weighted by Crippen LogP contribution is 2.47. The minimum atomic E-state index is -5.40. The number of carbonyl (C=O) groups is 2. The molecule has 0 fully saturated rings. The number of nitrogens with two attached hydrogens (primary N) is 1. The van der Waals surface area contributed by atoms with E-state index in [1.807, 2.05) is 5.32 Å². The number of rotatable bonds is 6. The zero-order chi connectivity index (χ0) is 29.0. The van der Waals surface area contributed by atoms with Gasteiger partial charge in [-0.3, -0.25) is 14.7 Å². The highest BCUT2D eigenvalue weighted by Gasteiger charge is 2.57. The number of ether oxygens (including phenoxy) is 1. The van der Waals surface area contributed by atoms with E-state index >= 15 is 0 Å². The summed E-state index contributed by atoms with van der Waals surface area (Å²) < 4.78 is 76.4. The number of H-pyrrole nitrogens is 1. The van der Waals surface area contributed by atoms with Crippen LogP contribution >= 0.6 is 0 Å². The minimum Gasteiger partial charge on any atom is -0.489 e. The lowest BCUT2D eigenvalue weighted by Crippen LogP contribution is -2.52. The van der Waals surface area contributed by atoms with Gasteiger partial charge < -0.3 is 20.9 Å². The third-order valence-electron chi connectivity index (χ3n) is 6.87. The van der Waals surface area contributed by atoms with Gasteiger partial charge in [-0.05, 0) is 55.5 Å². The maximum atomic E-state index is 14.5. The highest BCUT2D eigenvalue weighted by molar-refractivity contribution is 6.04. The van der Waals surface area contributed by atoms with Crippen LogP contribution in [-0.4, -0.2) is 51.4 Å². The summed E-state index contributed by atoms with van der Waals surface area (Å²) >= 11 is 0. The summed E-state index contributed by atoms with van der Waals surface area (Å²) in [5.74, 6) is -3.43. The van der Waals surface area contributed by atoms with Gasteiger partial charge in [0.1, 0.15) is 35.1 Å². The van der Waals surface area contributed by atoms with Crippen molar-refractivity contribution in [2.75, 3.05) is 13.2 Å². The number of nitrogens with zero attached hydrogens (tertiary/aromatic N) is 2. The topological polar surface area (TPSA) is 143 Å². The number of aromatic amines is 1. The van der Waals surface area contributed by atoms with Crippen LogP contribution < -0.4 is 15.8 Å². The molecule has 2 aromatic carbocycles. The van der Waals surface area contributed by atoms with Crippen molar-refractivity contribution in [1.29, 1.82) is 0 Å². The first-order chi connectivity index (χ1) is 18.7. The Labute approximate surface area is 222 Å². The zero-order valence-electron chi connectivity index (χ0n) is 20.6. The first-order valence-electron chi connectivity index (χ1n) is 11.7. The summed E-state index contributed by atoms with van der Waals surface area (Å²) in [6.45, 7) is -0.390. The van der Waals surface area contributed by atoms with Crippen molar-refractivity contribution in [2.45, 2.75) is 24.1 Å². The van der Waals surface area contributed by atoms with E-state index in [1.165, 1.54) is 25.1 Å². The lowest BCUT2D eigenvalue weighted by molar-refractivity contribution is -0.265. The number of nitrogens with one attached hydrogen (secondary N) is 2. The Hall–Kier alpha value is -4.59. The molecule has 0 saturated carbocycles. The average molecular weight is 561 g/mol. The average Bonchev–Trinajstić information content (AvgIpc) is 3.48. The number of primary amides is 1. The number of carbonyl (C=O) groups excluding carboxylic acids is 2. The van der Waals surface area contributed by atoms with Crippen molar-refractivity contribution in [1.82, 2.24) is 20.5 Å². The number of alkyl halides is 3. The molecule has 2 atom stereocenters. The van der Waals surface area contributed by atoms with Gasteiger partial charge >= 0.3 is 6.18 Å². The van der Waals surface area contributed by atoms with Crippen molar-refractivity contribution < 1.29 is 41.4 Å². The zero-order valence-corrected chi connectivity index (χ0v) is 20.6. The Balaban J connectivity index is 1.60. The van der Waals surface area contributed by atoms with E-state index in [4.69, 9.17) is 10.5 Å². The number of fused-ring (bicyclic) bond motifs is 2. The van der Waals surface area contributed by atoms with Crippen molar-refractivity contribution in [3.8, 4) is 17.0 Å². The summed E-state index contributed by atoms with van der Waals surface area (Å²) in [7, 11) is 0. The number of aliphatic hydroxyl groups is 1. The molecule has 2 aromatic heterocycles. The Morgan fingerprint density at radius 1 is 1.12 bits per heavy atom. The number of hydrogen-bond acceptors (Lipinski definition) is 6. The van der Waals surface area contributed by atoms with Crippen LogP contribution in [-0.2, 0) is 15.8 Å². The molecule has 3 heterocycles. The van der Waals surface area contributed by atoms with Crippen molar-refractivity contribution >= 4 is 22.7 Å². The Bertz CT molecular complexity index is 1660. The van der Waals surface area contributed by atoms with E-state index in [9.17, 15) is 36.6 Å². The smallest absolute Gasteiger partial charge is 0.424 e. The Kier molecular flexibility index (Phi) is 6.25. The van der Waals surface area contributed by atoms with Crippen molar-refractivity contribution in [2.24, 2.45) is 5.73 Å². The number of pyridine rings is 1. The summed E-state index contributed by atoms with van der Waals surface area (Å²) in [6.07, 6.45) is -5.40. The third-order valence-corrected chi connectivity index (χ3v) is 6.87. The summed E-state index contributed by atoms with van der Waals surface area (Å²) in [5.41, 5.74) is -1.11. The van der Waals surface area contributed by atoms with Crippen LogP contribution in [0.5, 0.6) is 5.75 Å².